The molecule has 29 heavy (non-hydrogen) atoms. The van der Waals surface area contributed by atoms with Gasteiger partial charge in [-0.05, 0) is 40.3 Å². The van der Waals surface area contributed by atoms with Crippen molar-refractivity contribution in [1.82, 2.24) is 0 Å². The number of anilines is 1. The first kappa shape index (κ1) is 18.0. The number of hydrogen-bond donors (Lipinski definition) is 1. The van der Waals surface area contributed by atoms with E-state index in [4.69, 9.17) is 4.74 Å². The molecule has 0 bridgehead atoms. The van der Waals surface area contributed by atoms with E-state index >= 15 is 0 Å². The normalized spacial score (nSPS) is 20.1. The van der Waals surface area contributed by atoms with E-state index in [-0.39, 0.29) is 17.1 Å². The van der Waals surface area contributed by atoms with Crippen molar-refractivity contribution in [2.24, 2.45) is 5.41 Å². The summed E-state index contributed by atoms with van der Waals surface area (Å²) in [6.07, 6.45) is 1.44. The third kappa shape index (κ3) is 2.84. The average molecular weight is 383 g/mol. The fraction of sp³-hybridized carbons (Fsp3) is 0.269. The fourth-order valence-electron chi connectivity index (χ4n) is 5.02. The average Bonchev–Trinajstić information content (AvgIpc) is 2.71. The van der Waals surface area contributed by atoms with Crippen LogP contribution < -0.4 is 10.1 Å². The maximum absolute atomic E-state index is 13.4. The lowest BCUT2D eigenvalue weighted by molar-refractivity contribution is -0.118. The predicted octanol–water partition coefficient (Wildman–Crippen LogP) is 6.05. The molecule has 0 radical (unpaired) electrons. The first-order chi connectivity index (χ1) is 14.0. The van der Waals surface area contributed by atoms with Crippen LogP contribution in [-0.2, 0) is 4.79 Å². The summed E-state index contributed by atoms with van der Waals surface area (Å²) in [6, 6.07) is 20.8. The van der Waals surface area contributed by atoms with Gasteiger partial charge in [0.2, 0.25) is 0 Å². The van der Waals surface area contributed by atoms with Crippen molar-refractivity contribution >= 4 is 22.2 Å². The summed E-state index contributed by atoms with van der Waals surface area (Å²) >= 11 is 0. The van der Waals surface area contributed by atoms with Crippen LogP contribution in [0, 0.1) is 5.41 Å². The number of fused-ring (bicyclic) bond motifs is 3. The van der Waals surface area contributed by atoms with Crippen molar-refractivity contribution in [3.63, 3.8) is 0 Å². The van der Waals surface area contributed by atoms with Gasteiger partial charge in [0.15, 0.2) is 5.78 Å². The van der Waals surface area contributed by atoms with Gasteiger partial charge in [0.25, 0.3) is 0 Å². The molecule has 3 heteroatoms. The number of carbonyl (C=O) groups is 1. The van der Waals surface area contributed by atoms with Gasteiger partial charge in [-0.1, -0.05) is 62.4 Å². The van der Waals surface area contributed by atoms with E-state index in [1.54, 1.807) is 7.11 Å². The SMILES string of the molecule is COc1ccccc1[C@@H]1C2=C(CC(C)(C)CC2=O)Nc2ccc3ccccc3c21. The van der Waals surface area contributed by atoms with E-state index in [0.717, 1.165) is 34.7 Å². The van der Waals surface area contributed by atoms with Crippen LogP contribution in [0.4, 0.5) is 5.69 Å². The summed E-state index contributed by atoms with van der Waals surface area (Å²) in [5, 5.41) is 5.99. The largest absolute Gasteiger partial charge is 0.496 e. The molecular weight excluding hydrogens is 358 g/mol. The van der Waals surface area contributed by atoms with E-state index < -0.39 is 0 Å². The van der Waals surface area contributed by atoms with Crippen LogP contribution >= 0.6 is 0 Å². The van der Waals surface area contributed by atoms with Crippen LogP contribution in [0.3, 0.4) is 0 Å². The molecular formula is C26H25NO2. The monoisotopic (exact) mass is 383 g/mol. The first-order valence-corrected chi connectivity index (χ1v) is 10.2. The van der Waals surface area contributed by atoms with Crippen LogP contribution in [-0.4, -0.2) is 12.9 Å². The Morgan fingerprint density at radius 1 is 0.966 bits per heavy atom. The molecule has 3 aromatic carbocycles. The second kappa shape index (κ2) is 6.48. The number of hydrogen-bond acceptors (Lipinski definition) is 3. The molecule has 1 aliphatic carbocycles. The second-order valence-electron chi connectivity index (χ2n) is 8.88. The zero-order valence-electron chi connectivity index (χ0n) is 17.1. The van der Waals surface area contributed by atoms with E-state index in [2.05, 4.69) is 61.6 Å². The maximum Gasteiger partial charge on any atom is 0.162 e. The summed E-state index contributed by atoms with van der Waals surface area (Å²) in [5.74, 6) is 0.924. The van der Waals surface area contributed by atoms with Crippen molar-refractivity contribution in [3.05, 3.63) is 83.1 Å². The lowest BCUT2D eigenvalue weighted by Crippen LogP contribution is -2.34. The van der Waals surface area contributed by atoms with Crippen molar-refractivity contribution in [1.29, 1.82) is 0 Å². The van der Waals surface area contributed by atoms with Crippen LogP contribution in [0.25, 0.3) is 10.8 Å². The van der Waals surface area contributed by atoms with Crippen molar-refractivity contribution < 1.29 is 9.53 Å². The van der Waals surface area contributed by atoms with E-state index in [1.165, 1.54) is 16.3 Å². The standard InChI is InChI=1S/C26H25NO2/c1-26(2)14-20-25(21(28)15-26)24(18-10-6-7-11-22(18)29-3)23-17-9-5-4-8-16(17)12-13-19(23)27-20/h4-13,24,27H,14-15H2,1-3H3/t24-/m0/s1. The molecule has 1 heterocycles. The number of allylic oxidation sites excluding steroid dienone is 2. The van der Waals surface area contributed by atoms with Crippen LogP contribution in [0.15, 0.2) is 71.9 Å². The van der Waals surface area contributed by atoms with E-state index in [1.807, 2.05) is 18.2 Å². The zero-order valence-corrected chi connectivity index (χ0v) is 17.1. The van der Waals surface area contributed by atoms with Gasteiger partial charge in [0.05, 0.1) is 7.11 Å². The first-order valence-electron chi connectivity index (χ1n) is 10.2. The van der Waals surface area contributed by atoms with Gasteiger partial charge in [0.1, 0.15) is 5.75 Å². The molecule has 1 atom stereocenters. The highest BCUT2D eigenvalue weighted by atomic mass is 16.5. The maximum atomic E-state index is 13.4. The van der Waals surface area contributed by atoms with Crippen molar-refractivity contribution in [2.45, 2.75) is 32.6 Å². The van der Waals surface area contributed by atoms with Gasteiger partial charge in [-0.15, -0.1) is 0 Å². The molecule has 2 aliphatic rings. The molecule has 0 aromatic heterocycles. The number of para-hydroxylation sites is 1. The highest BCUT2D eigenvalue weighted by molar-refractivity contribution is 6.04. The second-order valence-corrected chi connectivity index (χ2v) is 8.88. The van der Waals surface area contributed by atoms with Gasteiger partial charge >= 0.3 is 0 Å². The number of nitrogens with one attached hydrogen (secondary N) is 1. The molecule has 0 unspecified atom stereocenters. The molecule has 1 N–H and O–H groups in total. The minimum atomic E-state index is -0.132. The smallest absolute Gasteiger partial charge is 0.162 e. The number of ether oxygens (including phenoxy) is 1. The summed E-state index contributed by atoms with van der Waals surface area (Å²) in [4.78, 5) is 13.4. The number of Topliss-reactive ketones (excluding diaryl/α,β-unsaturated/α-hetero) is 1. The van der Waals surface area contributed by atoms with E-state index in [9.17, 15) is 4.79 Å². The Bertz CT molecular complexity index is 1170. The molecule has 3 aromatic rings. The Morgan fingerprint density at radius 3 is 2.55 bits per heavy atom. The minimum Gasteiger partial charge on any atom is -0.496 e. The Hall–Kier alpha value is -3.07. The van der Waals surface area contributed by atoms with E-state index in [0.29, 0.717) is 6.42 Å². The van der Waals surface area contributed by atoms with Crippen LogP contribution in [0.5, 0.6) is 5.75 Å². The number of ketones is 1. The summed E-state index contributed by atoms with van der Waals surface area (Å²) in [7, 11) is 1.70. The lowest BCUT2D eigenvalue weighted by atomic mass is 9.68. The molecule has 146 valence electrons. The van der Waals surface area contributed by atoms with Gasteiger partial charge in [-0.25, -0.2) is 0 Å². The summed E-state index contributed by atoms with van der Waals surface area (Å²) < 4.78 is 5.73. The Labute approximate surface area is 171 Å². The number of carbonyl (C=O) groups excluding carboxylic acids is 1. The summed E-state index contributed by atoms with van der Waals surface area (Å²) in [6.45, 7) is 4.34. The Kier molecular flexibility index (Phi) is 4.02. The number of benzene rings is 3. The number of rotatable bonds is 2. The van der Waals surface area contributed by atoms with Gasteiger partial charge in [0, 0.05) is 34.9 Å². The molecule has 1 aliphatic heterocycles. The third-order valence-electron chi connectivity index (χ3n) is 6.20. The summed E-state index contributed by atoms with van der Waals surface area (Å²) in [5.41, 5.74) is 5.23. The fourth-order valence-corrected chi connectivity index (χ4v) is 5.02. The molecule has 0 saturated heterocycles. The van der Waals surface area contributed by atoms with Gasteiger partial charge in [-0.3, -0.25) is 4.79 Å². The molecule has 0 fully saturated rings. The van der Waals surface area contributed by atoms with Crippen LogP contribution in [0.2, 0.25) is 0 Å². The highest BCUT2D eigenvalue weighted by Crippen LogP contribution is 2.52. The van der Waals surface area contributed by atoms with Crippen LogP contribution in [0.1, 0.15) is 43.7 Å². The Balaban J connectivity index is 1.84. The topological polar surface area (TPSA) is 38.3 Å². The Morgan fingerprint density at radius 2 is 1.72 bits per heavy atom. The predicted molar refractivity (Wildman–Crippen MR) is 117 cm³/mol. The molecule has 0 saturated carbocycles. The lowest BCUT2D eigenvalue weighted by Gasteiger charge is -2.40. The molecule has 5 rings (SSSR count). The van der Waals surface area contributed by atoms with Gasteiger partial charge in [-0.2, -0.15) is 0 Å². The minimum absolute atomic E-state index is 0.0391. The third-order valence-corrected chi connectivity index (χ3v) is 6.20. The molecule has 0 spiro atoms. The van der Waals surface area contributed by atoms with Crippen molar-refractivity contribution in [2.75, 3.05) is 12.4 Å². The zero-order chi connectivity index (χ0) is 20.2. The van der Waals surface area contributed by atoms with Gasteiger partial charge < -0.3 is 10.1 Å². The molecule has 3 nitrogen and oxygen atoms in total. The highest BCUT2D eigenvalue weighted by Gasteiger charge is 2.41. The quantitative estimate of drug-likeness (QED) is 0.585. The number of methoxy groups -OCH3 is 1. The van der Waals surface area contributed by atoms with Crippen molar-refractivity contribution in [3.8, 4) is 5.75 Å². The molecule has 0 amide bonds.